The summed E-state index contributed by atoms with van der Waals surface area (Å²) in [5.41, 5.74) is -0.0216. The van der Waals surface area contributed by atoms with Crippen LogP contribution in [0.5, 0.6) is 5.75 Å². The number of halogens is 1. The van der Waals surface area contributed by atoms with Crippen LogP contribution in [0.25, 0.3) is 10.4 Å². The minimum absolute atomic E-state index is 0.294. The highest BCUT2D eigenvalue weighted by molar-refractivity contribution is 7.15. The number of rotatable bonds is 6. The Labute approximate surface area is 180 Å². The van der Waals surface area contributed by atoms with Crippen LogP contribution < -0.4 is 16.2 Å². The van der Waals surface area contributed by atoms with Crippen LogP contribution in [0, 0.1) is 0 Å². The van der Waals surface area contributed by atoms with E-state index >= 15 is 0 Å². The van der Waals surface area contributed by atoms with Gasteiger partial charge in [0.1, 0.15) is 5.75 Å². The predicted molar refractivity (Wildman–Crippen MR) is 115 cm³/mol. The molecule has 156 valence electrons. The van der Waals surface area contributed by atoms with Crippen LogP contribution in [-0.4, -0.2) is 26.8 Å². The highest BCUT2D eigenvalue weighted by Crippen LogP contribution is 2.33. The van der Waals surface area contributed by atoms with Gasteiger partial charge in [0.25, 0.3) is 5.56 Å². The number of thiophene rings is 1. The second kappa shape index (κ2) is 9.02. The minimum Gasteiger partial charge on any atom is -0.505 e. The molecule has 0 fully saturated rings. The number of carbonyl (C=O) groups excluding carboxylic acids is 1. The Balaban J connectivity index is 1.82. The number of urea groups is 1. The highest BCUT2D eigenvalue weighted by Gasteiger charge is 2.22. The number of pyridine rings is 1. The van der Waals surface area contributed by atoms with Crippen LogP contribution in [0.4, 0.5) is 10.5 Å². The van der Waals surface area contributed by atoms with Crippen molar-refractivity contribution in [3.8, 4) is 16.2 Å². The maximum atomic E-state index is 12.4. The van der Waals surface area contributed by atoms with Gasteiger partial charge in [-0.1, -0.05) is 23.7 Å². The second-order valence-electron chi connectivity index (χ2n) is 6.45. The van der Waals surface area contributed by atoms with E-state index in [-0.39, 0.29) is 17.9 Å². The van der Waals surface area contributed by atoms with Crippen molar-refractivity contribution in [2.75, 3.05) is 5.32 Å². The van der Waals surface area contributed by atoms with Gasteiger partial charge in [-0.3, -0.25) is 9.59 Å². The molecule has 0 radical (unpaired) electrons. The molecule has 4 N–H and O–H groups in total. The molecule has 3 rings (SSSR count). The zero-order chi connectivity index (χ0) is 21.8. The molecule has 0 aliphatic carbocycles. The second-order valence-corrected chi connectivity index (χ2v) is 8.01. The van der Waals surface area contributed by atoms with Crippen molar-refractivity contribution in [2.24, 2.45) is 7.05 Å². The molecule has 0 bridgehead atoms. The summed E-state index contributed by atoms with van der Waals surface area (Å²) in [6.45, 7) is 0. The lowest BCUT2D eigenvalue weighted by Crippen LogP contribution is -2.35. The van der Waals surface area contributed by atoms with Crippen molar-refractivity contribution in [1.29, 1.82) is 0 Å². The van der Waals surface area contributed by atoms with Gasteiger partial charge in [-0.25, -0.2) is 4.79 Å². The van der Waals surface area contributed by atoms with Gasteiger partial charge in [0, 0.05) is 28.0 Å². The van der Waals surface area contributed by atoms with Crippen molar-refractivity contribution < 1.29 is 19.8 Å². The molecule has 10 heteroatoms. The van der Waals surface area contributed by atoms with E-state index in [1.54, 1.807) is 18.2 Å². The Morgan fingerprint density at radius 2 is 2.00 bits per heavy atom. The number of aliphatic carboxylic acids is 1. The monoisotopic (exact) mass is 447 g/mol. The summed E-state index contributed by atoms with van der Waals surface area (Å²) in [5.74, 6) is -1.49. The van der Waals surface area contributed by atoms with E-state index in [1.807, 2.05) is 18.2 Å². The first kappa shape index (κ1) is 21.4. The van der Waals surface area contributed by atoms with Crippen LogP contribution in [0.1, 0.15) is 17.3 Å². The van der Waals surface area contributed by atoms with Crippen molar-refractivity contribution >= 4 is 40.6 Å². The molecule has 2 amide bonds. The zero-order valence-corrected chi connectivity index (χ0v) is 17.3. The molecule has 3 aromatic rings. The number of aromatic nitrogens is 1. The van der Waals surface area contributed by atoms with Gasteiger partial charge in [0.05, 0.1) is 12.5 Å². The standard InChI is InChI=1S/C20H18ClN3O5S/c1-24-8-7-14(25)18(19(24)28)23-20(29)22-13(10-17(26)27)16-6-5-15(30-16)11-3-2-4-12(21)9-11/h2-9,13,25H,10H2,1H3,(H,26,27)(H2,22,23,29). The first-order chi connectivity index (χ1) is 14.2. The number of hydrogen-bond donors (Lipinski definition) is 4. The maximum absolute atomic E-state index is 12.4. The number of hydrogen-bond acceptors (Lipinski definition) is 5. The number of aromatic hydroxyl groups is 1. The molecule has 1 unspecified atom stereocenters. The van der Waals surface area contributed by atoms with Crippen molar-refractivity contribution in [3.05, 3.63) is 68.9 Å². The number of aryl methyl sites for hydroxylation is 1. The van der Waals surface area contributed by atoms with Crippen LogP contribution in [0.15, 0.2) is 53.5 Å². The lowest BCUT2D eigenvalue weighted by molar-refractivity contribution is -0.137. The van der Waals surface area contributed by atoms with Crippen molar-refractivity contribution in [1.82, 2.24) is 9.88 Å². The Bertz CT molecular complexity index is 1160. The normalized spacial score (nSPS) is 11.7. The first-order valence-corrected chi connectivity index (χ1v) is 9.97. The quantitative estimate of drug-likeness (QED) is 0.458. The summed E-state index contributed by atoms with van der Waals surface area (Å²) in [4.78, 5) is 37.3. The number of nitrogens with zero attached hydrogens (tertiary/aromatic N) is 1. The molecular weight excluding hydrogens is 430 g/mol. The summed E-state index contributed by atoms with van der Waals surface area (Å²) in [6, 6.07) is 10.4. The number of benzene rings is 1. The van der Waals surface area contributed by atoms with E-state index in [0.717, 1.165) is 10.4 Å². The smallest absolute Gasteiger partial charge is 0.320 e. The summed E-state index contributed by atoms with van der Waals surface area (Å²) >= 11 is 7.35. The molecular formula is C20H18ClN3O5S. The van der Waals surface area contributed by atoms with Gasteiger partial charge in [-0.05, 0) is 35.9 Å². The molecule has 0 aliphatic rings. The molecule has 8 nitrogen and oxygen atoms in total. The van der Waals surface area contributed by atoms with Gasteiger partial charge >= 0.3 is 12.0 Å². The van der Waals surface area contributed by atoms with Crippen molar-refractivity contribution in [2.45, 2.75) is 12.5 Å². The van der Waals surface area contributed by atoms with Crippen LogP contribution in [0.3, 0.4) is 0 Å². The number of carboxylic acid groups (broad SMARTS) is 1. The van der Waals surface area contributed by atoms with E-state index in [4.69, 9.17) is 11.6 Å². The number of nitrogens with one attached hydrogen (secondary N) is 2. The number of carbonyl (C=O) groups is 2. The molecule has 0 aliphatic heterocycles. The predicted octanol–water partition coefficient (Wildman–Crippen LogP) is 3.81. The molecule has 0 spiro atoms. The van der Waals surface area contributed by atoms with E-state index in [0.29, 0.717) is 9.90 Å². The molecule has 0 saturated carbocycles. The SMILES string of the molecule is Cn1ccc(O)c(NC(=O)NC(CC(=O)O)c2ccc(-c3cccc(Cl)c3)s2)c1=O. The largest absolute Gasteiger partial charge is 0.505 e. The average molecular weight is 448 g/mol. The van der Waals surface area contributed by atoms with Crippen LogP contribution >= 0.6 is 22.9 Å². The molecule has 1 atom stereocenters. The summed E-state index contributed by atoms with van der Waals surface area (Å²) < 4.78 is 1.20. The molecule has 30 heavy (non-hydrogen) atoms. The number of anilines is 1. The third-order valence-electron chi connectivity index (χ3n) is 4.25. The molecule has 2 heterocycles. The Morgan fingerprint density at radius 1 is 1.23 bits per heavy atom. The van der Waals surface area contributed by atoms with E-state index < -0.39 is 23.6 Å². The third kappa shape index (κ3) is 5.00. The highest BCUT2D eigenvalue weighted by atomic mass is 35.5. The van der Waals surface area contributed by atoms with Gasteiger partial charge in [0.2, 0.25) is 0 Å². The van der Waals surface area contributed by atoms with Gasteiger partial charge in [-0.15, -0.1) is 11.3 Å². The Morgan fingerprint density at radius 3 is 2.70 bits per heavy atom. The van der Waals surface area contributed by atoms with Crippen molar-refractivity contribution in [3.63, 3.8) is 0 Å². The average Bonchev–Trinajstić information content (AvgIpc) is 3.18. The Kier molecular flexibility index (Phi) is 6.43. The maximum Gasteiger partial charge on any atom is 0.320 e. The molecule has 0 saturated heterocycles. The fourth-order valence-corrected chi connectivity index (χ4v) is 4.02. The fourth-order valence-electron chi connectivity index (χ4n) is 2.78. The lowest BCUT2D eigenvalue weighted by Gasteiger charge is -2.16. The van der Waals surface area contributed by atoms with E-state index in [9.17, 15) is 24.6 Å². The fraction of sp³-hybridized carbons (Fsp3) is 0.150. The number of amides is 2. The first-order valence-electron chi connectivity index (χ1n) is 8.78. The number of carboxylic acids is 1. The van der Waals surface area contributed by atoms with Gasteiger partial charge < -0.3 is 25.4 Å². The van der Waals surface area contributed by atoms with Gasteiger partial charge in [0.15, 0.2) is 5.69 Å². The van der Waals surface area contributed by atoms with Gasteiger partial charge in [-0.2, -0.15) is 0 Å². The molecule has 2 aromatic heterocycles. The topological polar surface area (TPSA) is 121 Å². The third-order valence-corrected chi connectivity index (χ3v) is 5.73. The van der Waals surface area contributed by atoms with E-state index in [1.165, 1.54) is 35.2 Å². The Hall–Kier alpha value is -3.30. The lowest BCUT2D eigenvalue weighted by atomic mass is 10.1. The van der Waals surface area contributed by atoms with Crippen LogP contribution in [0.2, 0.25) is 5.02 Å². The zero-order valence-electron chi connectivity index (χ0n) is 15.8. The summed E-state index contributed by atoms with van der Waals surface area (Å²) in [5, 5.41) is 24.5. The van der Waals surface area contributed by atoms with Crippen LogP contribution in [-0.2, 0) is 11.8 Å². The molecule has 1 aromatic carbocycles. The minimum atomic E-state index is -1.10. The van der Waals surface area contributed by atoms with E-state index in [2.05, 4.69) is 10.6 Å². The summed E-state index contributed by atoms with van der Waals surface area (Å²) in [6.07, 6.45) is 0.999. The summed E-state index contributed by atoms with van der Waals surface area (Å²) in [7, 11) is 1.47.